The van der Waals surface area contributed by atoms with Gasteiger partial charge in [-0.1, -0.05) is 19.8 Å². The van der Waals surface area contributed by atoms with Gasteiger partial charge in [-0.05, 0) is 25.8 Å². The molecule has 0 radical (unpaired) electrons. The fourth-order valence-corrected chi connectivity index (χ4v) is 2.31. The predicted molar refractivity (Wildman–Crippen MR) is 74.7 cm³/mol. The van der Waals surface area contributed by atoms with Gasteiger partial charge in [0.15, 0.2) is 0 Å². The van der Waals surface area contributed by atoms with Crippen LogP contribution in [0.4, 0.5) is 4.79 Å². The minimum Gasteiger partial charge on any atom is -0.338 e. The molecule has 0 bridgehead atoms. The zero-order valence-electron chi connectivity index (χ0n) is 11.8. The van der Waals surface area contributed by atoms with Crippen LogP contribution >= 0.6 is 0 Å². The van der Waals surface area contributed by atoms with E-state index in [0.717, 1.165) is 38.6 Å². The summed E-state index contributed by atoms with van der Waals surface area (Å²) in [5.41, 5.74) is 5.70. The molecule has 0 aromatic rings. The smallest absolute Gasteiger partial charge is 0.321 e. The van der Waals surface area contributed by atoms with Crippen LogP contribution in [0.5, 0.6) is 0 Å². The second-order valence-electron chi connectivity index (χ2n) is 5.01. The molecule has 1 saturated heterocycles. The lowest BCUT2D eigenvalue weighted by molar-refractivity contribution is -0.122. The highest BCUT2D eigenvalue weighted by molar-refractivity contribution is 5.95. The quantitative estimate of drug-likeness (QED) is 0.611. The number of hydrogen-bond donors (Lipinski definition) is 3. The third-order valence-corrected chi connectivity index (χ3v) is 3.44. The normalized spacial score (nSPS) is 20.0. The zero-order valence-corrected chi connectivity index (χ0v) is 11.8. The van der Waals surface area contributed by atoms with Crippen molar-refractivity contribution in [3.63, 3.8) is 0 Å². The molecule has 0 aromatic heterocycles. The first-order valence-electron chi connectivity index (χ1n) is 7.19. The molecule has 1 aliphatic rings. The average molecular weight is 270 g/mol. The summed E-state index contributed by atoms with van der Waals surface area (Å²) in [6.45, 7) is 4.35. The van der Waals surface area contributed by atoms with Gasteiger partial charge in [-0.15, -0.1) is 0 Å². The van der Waals surface area contributed by atoms with Crippen LogP contribution in [0.1, 0.15) is 39.0 Å². The number of carbonyl (C=O) groups excluding carboxylic acids is 2. The third-order valence-electron chi connectivity index (χ3n) is 3.44. The second kappa shape index (κ2) is 8.87. The Morgan fingerprint density at radius 3 is 2.84 bits per heavy atom. The van der Waals surface area contributed by atoms with Crippen LogP contribution < -0.4 is 16.4 Å². The number of piperidine rings is 1. The number of unbranched alkanes of at least 4 members (excludes halogenated alkanes) is 1. The molecule has 19 heavy (non-hydrogen) atoms. The summed E-state index contributed by atoms with van der Waals surface area (Å²) >= 11 is 0. The number of nitrogens with zero attached hydrogens (tertiary/aromatic N) is 1. The largest absolute Gasteiger partial charge is 0.338 e. The molecule has 0 spiro atoms. The average Bonchev–Trinajstić information content (AvgIpc) is 2.39. The molecular weight excluding hydrogens is 244 g/mol. The Kier molecular flexibility index (Phi) is 7.43. The molecule has 110 valence electrons. The number of likely N-dealkylation sites (tertiary alicyclic amines) is 1. The van der Waals surface area contributed by atoms with E-state index in [2.05, 4.69) is 15.5 Å². The zero-order chi connectivity index (χ0) is 14.1. The number of nitrogens with two attached hydrogens (primary N) is 1. The Bertz CT molecular complexity index is 296. The summed E-state index contributed by atoms with van der Waals surface area (Å²) < 4.78 is 0. The van der Waals surface area contributed by atoms with Crippen LogP contribution in [-0.2, 0) is 4.79 Å². The molecule has 0 aliphatic carbocycles. The van der Waals surface area contributed by atoms with E-state index in [1.54, 1.807) is 0 Å². The molecule has 1 fully saturated rings. The van der Waals surface area contributed by atoms with Gasteiger partial charge in [-0.2, -0.15) is 0 Å². The lowest BCUT2D eigenvalue weighted by Crippen LogP contribution is -2.50. The van der Waals surface area contributed by atoms with Gasteiger partial charge in [0.05, 0.1) is 6.54 Å². The van der Waals surface area contributed by atoms with Gasteiger partial charge in [-0.25, -0.2) is 4.79 Å². The maximum Gasteiger partial charge on any atom is 0.321 e. The van der Waals surface area contributed by atoms with Crippen molar-refractivity contribution in [3.05, 3.63) is 0 Å². The van der Waals surface area contributed by atoms with E-state index in [0.29, 0.717) is 13.1 Å². The maximum absolute atomic E-state index is 11.8. The van der Waals surface area contributed by atoms with Crippen LogP contribution in [0.25, 0.3) is 0 Å². The van der Waals surface area contributed by atoms with E-state index in [9.17, 15) is 9.59 Å². The first-order chi connectivity index (χ1) is 9.17. The van der Waals surface area contributed by atoms with Gasteiger partial charge in [0.1, 0.15) is 0 Å². The number of amides is 3. The van der Waals surface area contributed by atoms with E-state index in [1.807, 2.05) is 6.92 Å². The third kappa shape index (κ3) is 6.02. The summed E-state index contributed by atoms with van der Waals surface area (Å²) in [5.74, 6) is -0.255. The highest BCUT2D eigenvalue weighted by Crippen LogP contribution is 2.15. The summed E-state index contributed by atoms with van der Waals surface area (Å²) in [6, 6.07) is -0.137. The van der Waals surface area contributed by atoms with Crippen molar-refractivity contribution in [1.29, 1.82) is 0 Å². The van der Waals surface area contributed by atoms with Crippen molar-refractivity contribution in [2.75, 3.05) is 26.2 Å². The number of carbonyl (C=O) groups is 2. The van der Waals surface area contributed by atoms with E-state index in [-0.39, 0.29) is 18.5 Å². The molecular formula is C13H26N4O2. The van der Waals surface area contributed by atoms with E-state index < -0.39 is 6.03 Å². The Morgan fingerprint density at radius 1 is 1.37 bits per heavy atom. The van der Waals surface area contributed by atoms with Gasteiger partial charge in [-0.3, -0.25) is 15.0 Å². The minimum atomic E-state index is -0.403. The molecule has 4 N–H and O–H groups in total. The molecule has 1 heterocycles. The highest BCUT2D eigenvalue weighted by atomic mass is 16.2. The Hall–Kier alpha value is -1.14. The number of hydrogen-bond acceptors (Lipinski definition) is 4. The maximum atomic E-state index is 11.8. The van der Waals surface area contributed by atoms with E-state index in [4.69, 9.17) is 5.73 Å². The molecule has 0 aromatic carbocycles. The number of imide groups is 1. The number of rotatable bonds is 6. The fourth-order valence-electron chi connectivity index (χ4n) is 2.31. The van der Waals surface area contributed by atoms with Crippen molar-refractivity contribution in [3.8, 4) is 0 Å². The lowest BCUT2D eigenvalue weighted by Gasteiger charge is -2.34. The molecule has 6 heteroatoms. The Balaban J connectivity index is 2.27. The summed E-state index contributed by atoms with van der Waals surface area (Å²) in [7, 11) is 0. The van der Waals surface area contributed by atoms with E-state index >= 15 is 0 Å². The van der Waals surface area contributed by atoms with Crippen LogP contribution in [-0.4, -0.2) is 49.1 Å². The van der Waals surface area contributed by atoms with Gasteiger partial charge in [0.2, 0.25) is 5.91 Å². The van der Waals surface area contributed by atoms with Crippen LogP contribution in [0.15, 0.2) is 0 Å². The minimum absolute atomic E-state index is 0.253. The molecule has 3 amide bonds. The molecule has 1 atom stereocenters. The fraction of sp³-hybridized carbons (Fsp3) is 0.846. The first-order valence-corrected chi connectivity index (χ1v) is 7.19. The van der Waals surface area contributed by atoms with Gasteiger partial charge >= 0.3 is 6.03 Å². The van der Waals surface area contributed by atoms with E-state index in [1.165, 1.54) is 0 Å². The number of urea groups is 1. The summed E-state index contributed by atoms with van der Waals surface area (Å²) in [6.07, 6.45) is 5.22. The molecule has 0 saturated carbocycles. The Morgan fingerprint density at radius 2 is 2.16 bits per heavy atom. The van der Waals surface area contributed by atoms with Gasteiger partial charge < -0.3 is 11.1 Å². The van der Waals surface area contributed by atoms with Crippen LogP contribution in [0, 0.1) is 0 Å². The standard InChI is InChI=1S/C13H26N4O2/c1-2-3-7-15-13(19)16-12(18)10-17-8-5-4-6-11(17)9-14/h11H,2-10,14H2,1H3,(H2,15,16,18,19). The highest BCUT2D eigenvalue weighted by Gasteiger charge is 2.23. The van der Waals surface area contributed by atoms with Crippen molar-refractivity contribution < 1.29 is 9.59 Å². The summed E-state index contributed by atoms with van der Waals surface area (Å²) in [4.78, 5) is 25.3. The molecule has 6 nitrogen and oxygen atoms in total. The summed E-state index contributed by atoms with van der Waals surface area (Å²) in [5, 5.41) is 5.02. The molecule has 1 aliphatic heterocycles. The monoisotopic (exact) mass is 270 g/mol. The van der Waals surface area contributed by atoms with Crippen molar-refractivity contribution in [2.45, 2.75) is 45.1 Å². The first kappa shape index (κ1) is 15.9. The van der Waals surface area contributed by atoms with Gasteiger partial charge in [0.25, 0.3) is 0 Å². The van der Waals surface area contributed by atoms with Crippen LogP contribution in [0.2, 0.25) is 0 Å². The molecule has 1 unspecified atom stereocenters. The topological polar surface area (TPSA) is 87.5 Å². The van der Waals surface area contributed by atoms with Crippen LogP contribution in [0.3, 0.4) is 0 Å². The number of nitrogens with one attached hydrogen (secondary N) is 2. The molecule has 1 rings (SSSR count). The second-order valence-corrected chi connectivity index (χ2v) is 5.01. The predicted octanol–water partition coefficient (Wildman–Crippen LogP) is 0.426. The van der Waals surface area contributed by atoms with Crippen molar-refractivity contribution in [1.82, 2.24) is 15.5 Å². The lowest BCUT2D eigenvalue weighted by atomic mass is 10.0. The Labute approximate surface area is 115 Å². The SMILES string of the molecule is CCCCNC(=O)NC(=O)CN1CCCCC1CN. The van der Waals surface area contributed by atoms with Crippen molar-refractivity contribution >= 4 is 11.9 Å². The van der Waals surface area contributed by atoms with Crippen molar-refractivity contribution in [2.24, 2.45) is 5.73 Å². The van der Waals surface area contributed by atoms with Gasteiger partial charge in [0, 0.05) is 19.1 Å².